The van der Waals surface area contributed by atoms with Crippen LogP contribution in [0.5, 0.6) is 0 Å². The minimum atomic E-state index is -2.08. The molecule has 1 aliphatic rings. The summed E-state index contributed by atoms with van der Waals surface area (Å²) in [5.74, 6) is -4.78. The maximum atomic E-state index is 13.8. The Morgan fingerprint density at radius 2 is 1.90 bits per heavy atom. The molecule has 0 aliphatic carbocycles. The highest BCUT2D eigenvalue weighted by Crippen LogP contribution is 2.21. The zero-order valence-electron chi connectivity index (χ0n) is 16.2. The molecule has 1 fully saturated rings. The number of hydrogen-bond acceptors (Lipinski definition) is 4. The highest BCUT2D eigenvalue weighted by atomic mass is 19.2. The number of alkyl halides is 1. The van der Waals surface area contributed by atoms with Crippen molar-refractivity contribution in [1.29, 1.82) is 0 Å². The number of likely N-dealkylation sites (tertiary alicyclic amines) is 1. The van der Waals surface area contributed by atoms with E-state index in [-0.39, 0.29) is 37.9 Å². The zero-order valence-corrected chi connectivity index (χ0v) is 16.2. The predicted octanol–water partition coefficient (Wildman–Crippen LogP) is 1.19. The summed E-state index contributed by atoms with van der Waals surface area (Å²) in [7, 11) is 0. The van der Waals surface area contributed by atoms with E-state index >= 15 is 0 Å². The van der Waals surface area contributed by atoms with Gasteiger partial charge in [0.2, 0.25) is 5.91 Å². The second-order valence-corrected chi connectivity index (χ2v) is 7.80. The molecule has 0 spiro atoms. The highest BCUT2D eigenvalue weighted by molar-refractivity contribution is 5.84. The Morgan fingerprint density at radius 1 is 1.28 bits per heavy atom. The average molecular weight is 419 g/mol. The van der Waals surface area contributed by atoms with Crippen LogP contribution in [0.4, 0.5) is 17.6 Å². The van der Waals surface area contributed by atoms with Crippen molar-refractivity contribution >= 4 is 11.8 Å². The third kappa shape index (κ3) is 6.14. The van der Waals surface area contributed by atoms with Gasteiger partial charge in [0, 0.05) is 31.6 Å². The molecule has 1 aromatic rings. The molecule has 2 rings (SSSR count). The van der Waals surface area contributed by atoms with Crippen molar-refractivity contribution < 1.29 is 32.3 Å². The number of benzene rings is 1. The van der Waals surface area contributed by atoms with Crippen LogP contribution in [0.25, 0.3) is 0 Å². The highest BCUT2D eigenvalue weighted by Gasteiger charge is 2.36. The first-order chi connectivity index (χ1) is 13.4. The third-order valence-corrected chi connectivity index (χ3v) is 4.76. The summed E-state index contributed by atoms with van der Waals surface area (Å²) in [5, 5.41) is 12.3. The lowest BCUT2D eigenvalue weighted by atomic mass is 10.0. The van der Waals surface area contributed by atoms with E-state index in [1.54, 1.807) is 0 Å². The quantitative estimate of drug-likeness (QED) is 0.457. The molecule has 10 heteroatoms. The molecule has 1 saturated heterocycles. The summed E-state index contributed by atoms with van der Waals surface area (Å²) in [5.41, 5.74) is 3.64. The van der Waals surface area contributed by atoms with Crippen LogP contribution in [-0.4, -0.2) is 58.8 Å². The average Bonchev–Trinajstić information content (AvgIpc) is 2.97. The normalized spacial score (nSPS) is 20.6. The van der Waals surface area contributed by atoms with Gasteiger partial charge in [-0.15, -0.1) is 0 Å². The van der Waals surface area contributed by atoms with Gasteiger partial charge in [0.25, 0.3) is 5.91 Å². The summed E-state index contributed by atoms with van der Waals surface area (Å²) < 4.78 is 53.7. The van der Waals surface area contributed by atoms with Crippen molar-refractivity contribution in [3.63, 3.8) is 0 Å². The van der Waals surface area contributed by atoms with Crippen LogP contribution in [0.3, 0.4) is 0 Å². The Kier molecular flexibility index (Phi) is 7.23. The Labute approximate surface area is 166 Å². The number of aliphatic hydroxyl groups excluding tert-OH is 1. The smallest absolute Gasteiger partial charge is 0.257 e. The Balaban J connectivity index is 1.97. The molecule has 3 atom stereocenters. The molecule has 29 heavy (non-hydrogen) atoms. The molecule has 6 nitrogen and oxygen atoms in total. The van der Waals surface area contributed by atoms with Gasteiger partial charge in [-0.3, -0.25) is 9.59 Å². The number of aliphatic hydroxyl groups is 1. The van der Waals surface area contributed by atoms with Gasteiger partial charge in [0.15, 0.2) is 17.3 Å². The number of halogens is 4. The molecule has 0 aromatic heterocycles. The lowest BCUT2D eigenvalue weighted by Crippen LogP contribution is -2.48. The lowest BCUT2D eigenvalue weighted by Gasteiger charge is -2.27. The number of nitrogens with two attached hydrogens (primary N) is 1. The molecule has 0 saturated carbocycles. The number of hydrogen-bond donors (Lipinski definition) is 3. The van der Waals surface area contributed by atoms with E-state index in [1.165, 1.54) is 4.90 Å². The zero-order chi connectivity index (χ0) is 21.9. The molecule has 2 amide bonds. The van der Waals surface area contributed by atoms with Crippen LogP contribution in [0.15, 0.2) is 12.1 Å². The van der Waals surface area contributed by atoms with Gasteiger partial charge in [-0.25, -0.2) is 17.6 Å². The van der Waals surface area contributed by atoms with Crippen LogP contribution >= 0.6 is 0 Å². The standard InChI is InChI=1S/C19H25F4N3O3/c1-19(2,23)18(29)25-8-12-6-13(27)9-26(12)17(28)5-11(24)3-10-4-15(21)16(22)7-14(10)20/h4,7,11-13,27H,3,5-6,8-9,24H2,1-2H3,(H,25,29)/t11-,12+,13-/m1/s1. The molecule has 1 heterocycles. The molecule has 0 bridgehead atoms. The van der Waals surface area contributed by atoms with Gasteiger partial charge in [-0.1, -0.05) is 0 Å². The van der Waals surface area contributed by atoms with Gasteiger partial charge in [-0.05, 0) is 38.3 Å². The molecular formula is C19H25F4N3O3. The van der Waals surface area contributed by atoms with Crippen molar-refractivity contribution in [3.05, 3.63) is 35.1 Å². The molecule has 162 valence electrons. The minimum absolute atomic E-state index is 0.0185. The number of rotatable bonds is 7. The van der Waals surface area contributed by atoms with Gasteiger partial charge in [0.1, 0.15) is 5.82 Å². The Bertz CT molecular complexity index is 770. The first-order valence-corrected chi connectivity index (χ1v) is 9.22. The van der Waals surface area contributed by atoms with E-state index in [4.69, 9.17) is 5.73 Å². The van der Waals surface area contributed by atoms with E-state index in [1.807, 2.05) is 0 Å². The van der Waals surface area contributed by atoms with Gasteiger partial charge in [0.05, 0.1) is 12.1 Å². The Hall–Kier alpha value is -2.20. The van der Waals surface area contributed by atoms with Gasteiger partial charge < -0.3 is 21.1 Å². The van der Waals surface area contributed by atoms with Crippen LogP contribution in [-0.2, 0) is 16.0 Å². The number of amides is 2. The maximum Gasteiger partial charge on any atom is 0.257 e. The molecule has 4 N–H and O–H groups in total. The fraction of sp³-hybridized carbons (Fsp3) is 0.579. The molecule has 0 radical (unpaired) electrons. The second kappa shape index (κ2) is 9.08. The number of nitrogens with zero attached hydrogens (tertiary/aromatic N) is 1. The lowest BCUT2D eigenvalue weighted by molar-refractivity contribution is -0.134. The van der Waals surface area contributed by atoms with Gasteiger partial charge >= 0.3 is 0 Å². The van der Waals surface area contributed by atoms with Crippen LogP contribution in [0.1, 0.15) is 32.3 Å². The number of β-amino-alcohol motifs (C(OH)–C–C–N with tert-alkyl or cyclic N) is 1. The van der Waals surface area contributed by atoms with Crippen LogP contribution < -0.4 is 11.1 Å². The van der Waals surface area contributed by atoms with Crippen LogP contribution in [0.2, 0.25) is 0 Å². The van der Waals surface area contributed by atoms with E-state index in [0.717, 1.165) is 13.8 Å². The Morgan fingerprint density at radius 3 is 2.52 bits per heavy atom. The largest absolute Gasteiger partial charge is 0.391 e. The van der Waals surface area contributed by atoms with E-state index in [0.29, 0.717) is 12.1 Å². The summed E-state index contributed by atoms with van der Waals surface area (Å²) >= 11 is 0. The number of nitrogens with one attached hydrogen (secondary N) is 1. The third-order valence-electron chi connectivity index (χ3n) is 4.76. The van der Waals surface area contributed by atoms with E-state index in [2.05, 4.69) is 5.32 Å². The minimum Gasteiger partial charge on any atom is -0.391 e. The summed E-state index contributed by atoms with van der Waals surface area (Å²) in [6.07, 6.45) is -1.03. The first-order valence-electron chi connectivity index (χ1n) is 9.22. The summed E-state index contributed by atoms with van der Waals surface area (Å²) in [6.45, 7) is 2.18. The van der Waals surface area contributed by atoms with Crippen molar-refractivity contribution in [2.75, 3.05) is 13.1 Å². The maximum absolute atomic E-state index is 13.8. The molecule has 0 unspecified atom stereocenters. The van der Waals surface area contributed by atoms with E-state index < -0.39 is 53.1 Å². The first kappa shape index (κ1) is 23.1. The fourth-order valence-electron chi connectivity index (χ4n) is 3.23. The second-order valence-electron chi connectivity index (χ2n) is 7.80. The van der Waals surface area contributed by atoms with Crippen molar-refractivity contribution in [1.82, 2.24) is 10.2 Å². The predicted molar refractivity (Wildman–Crippen MR) is 96.9 cm³/mol. The summed E-state index contributed by atoms with van der Waals surface area (Å²) in [4.78, 5) is 25.6. The molecule has 1 aromatic carbocycles. The van der Waals surface area contributed by atoms with Gasteiger partial charge in [-0.2, -0.15) is 0 Å². The van der Waals surface area contributed by atoms with E-state index in [9.17, 15) is 32.3 Å². The monoisotopic (exact) mass is 419 g/mol. The number of carbonyl (C=O) groups is 2. The van der Waals surface area contributed by atoms with Crippen LogP contribution in [0, 0.1) is 17.5 Å². The number of carbonyl (C=O) groups excluding carboxylic acids is 2. The van der Waals surface area contributed by atoms with Crippen molar-refractivity contribution in [2.24, 2.45) is 5.73 Å². The SMILES string of the molecule is CC(C)(F)C(=O)NC[C@@H]1C[C@@H](O)CN1C(=O)C[C@H](N)Cc1cc(F)c(F)cc1F. The van der Waals surface area contributed by atoms with Crippen molar-refractivity contribution in [3.8, 4) is 0 Å². The fourth-order valence-corrected chi connectivity index (χ4v) is 3.23. The topological polar surface area (TPSA) is 95.7 Å². The summed E-state index contributed by atoms with van der Waals surface area (Å²) in [6, 6.07) is -0.303. The van der Waals surface area contributed by atoms with Crippen molar-refractivity contribution in [2.45, 2.75) is 57.0 Å². The molecule has 1 aliphatic heterocycles. The molecular weight excluding hydrogens is 394 g/mol.